The van der Waals surface area contributed by atoms with Crippen LogP contribution in [0.2, 0.25) is 0 Å². The third-order valence-electron chi connectivity index (χ3n) is 12.1. The highest BCUT2D eigenvalue weighted by Crippen LogP contribution is 2.55. The summed E-state index contributed by atoms with van der Waals surface area (Å²) >= 11 is 0. The van der Waals surface area contributed by atoms with Crippen molar-refractivity contribution in [3.63, 3.8) is 0 Å². The van der Waals surface area contributed by atoms with E-state index in [0.717, 1.165) is 28.1 Å². The summed E-state index contributed by atoms with van der Waals surface area (Å²) < 4.78 is 0. The Labute approximate surface area is 332 Å². The largest absolute Gasteiger partial charge is 0.228 e. The number of benzene rings is 9. The molecular formula is C55H38N2. The maximum absolute atomic E-state index is 5.36. The molecule has 0 saturated carbocycles. The van der Waals surface area contributed by atoms with Gasteiger partial charge in [0.05, 0.1) is 11.4 Å². The summed E-state index contributed by atoms with van der Waals surface area (Å²) in [4.78, 5) is 10.6. The van der Waals surface area contributed by atoms with Gasteiger partial charge in [0.15, 0.2) is 5.82 Å². The predicted molar refractivity (Wildman–Crippen MR) is 239 cm³/mol. The number of fused-ring (bicyclic) bond motifs is 7. The molecule has 1 aliphatic rings. The fourth-order valence-corrected chi connectivity index (χ4v) is 9.38. The first kappa shape index (κ1) is 33.2. The molecule has 2 nitrogen and oxygen atoms in total. The Hall–Kier alpha value is -7.16. The highest BCUT2D eigenvalue weighted by molar-refractivity contribution is 6.09. The minimum Gasteiger partial charge on any atom is -0.228 e. The summed E-state index contributed by atoms with van der Waals surface area (Å²) in [5.41, 5.74) is 15.1. The minimum absolute atomic E-state index is 0.171. The Balaban J connectivity index is 1.11. The van der Waals surface area contributed by atoms with Crippen molar-refractivity contribution in [3.05, 3.63) is 205 Å². The Morgan fingerprint density at radius 1 is 0.351 bits per heavy atom. The third kappa shape index (κ3) is 5.33. The lowest BCUT2D eigenvalue weighted by Gasteiger charge is -2.25. The van der Waals surface area contributed by atoms with Gasteiger partial charge in [-0.25, -0.2) is 9.97 Å². The van der Waals surface area contributed by atoms with E-state index in [1.165, 1.54) is 76.8 Å². The Bertz CT molecular complexity index is 3190. The first-order chi connectivity index (χ1) is 28.0. The van der Waals surface area contributed by atoms with Gasteiger partial charge in [-0.3, -0.25) is 0 Å². The fourth-order valence-electron chi connectivity index (χ4n) is 9.38. The fraction of sp³-hybridized carbons (Fsp3) is 0.0545. The summed E-state index contributed by atoms with van der Waals surface area (Å²) in [5, 5.41) is 7.32. The second-order valence-corrected chi connectivity index (χ2v) is 15.7. The highest BCUT2D eigenvalue weighted by atomic mass is 14.9. The Morgan fingerprint density at radius 3 is 1.61 bits per heavy atom. The maximum atomic E-state index is 5.36. The Morgan fingerprint density at radius 2 is 0.860 bits per heavy atom. The van der Waals surface area contributed by atoms with Crippen molar-refractivity contribution in [2.45, 2.75) is 19.3 Å². The van der Waals surface area contributed by atoms with Crippen LogP contribution in [-0.4, -0.2) is 9.97 Å². The first-order valence-electron chi connectivity index (χ1n) is 19.7. The molecule has 0 aliphatic heterocycles. The van der Waals surface area contributed by atoms with Gasteiger partial charge >= 0.3 is 0 Å². The number of rotatable bonds is 5. The minimum atomic E-state index is -0.171. The molecule has 268 valence electrons. The van der Waals surface area contributed by atoms with Crippen molar-refractivity contribution in [1.29, 1.82) is 0 Å². The van der Waals surface area contributed by atoms with Gasteiger partial charge in [-0.2, -0.15) is 0 Å². The van der Waals surface area contributed by atoms with Gasteiger partial charge in [0.25, 0.3) is 0 Å². The van der Waals surface area contributed by atoms with Crippen molar-refractivity contribution in [1.82, 2.24) is 9.97 Å². The molecule has 0 radical (unpaired) electrons. The molecule has 1 heterocycles. The molecular weight excluding hydrogens is 689 g/mol. The van der Waals surface area contributed by atoms with Crippen LogP contribution in [0.5, 0.6) is 0 Å². The smallest absolute Gasteiger partial charge is 0.160 e. The molecule has 0 amide bonds. The van der Waals surface area contributed by atoms with Gasteiger partial charge in [0.1, 0.15) is 0 Å². The number of aromatic nitrogens is 2. The molecule has 0 spiro atoms. The molecule has 11 rings (SSSR count). The van der Waals surface area contributed by atoms with Gasteiger partial charge in [-0.05, 0) is 82.9 Å². The molecule has 1 aliphatic carbocycles. The van der Waals surface area contributed by atoms with E-state index >= 15 is 0 Å². The van der Waals surface area contributed by atoms with Crippen molar-refractivity contribution in [2.24, 2.45) is 0 Å². The molecule has 0 N–H and O–H groups in total. The van der Waals surface area contributed by atoms with Crippen LogP contribution in [0.3, 0.4) is 0 Å². The van der Waals surface area contributed by atoms with E-state index in [9.17, 15) is 0 Å². The molecule has 57 heavy (non-hydrogen) atoms. The van der Waals surface area contributed by atoms with E-state index < -0.39 is 0 Å². The monoisotopic (exact) mass is 726 g/mol. The van der Waals surface area contributed by atoms with E-state index in [1.807, 2.05) is 0 Å². The standard InChI is InChI=1S/C55H38N2/c1-55(2)49-33-30-38-17-7-9-20-41(38)52(49)48-25-13-24-47(53(48)55)44-31-32-46(43-22-11-10-21-42(43)44)51-34-50(45-23-12-18-37-16-6-8-19-40(37)45)56-54(57-51)39-28-26-36(27-29-39)35-14-4-3-5-15-35/h3-34H,1-2H3. The maximum Gasteiger partial charge on any atom is 0.160 e. The van der Waals surface area contributed by atoms with E-state index in [1.54, 1.807) is 0 Å². The third-order valence-corrected chi connectivity index (χ3v) is 12.1. The van der Waals surface area contributed by atoms with Crippen LogP contribution in [0.1, 0.15) is 25.0 Å². The van der Waals surface area contributed by atoms with Gasteiger partial charge in [0.2, 0.25) is 0 Å². The summed E-state index contributed by atoms with van der Waals surface area (Å²) in [6.07, 6.45) is 0. The highest BCUT2D eigenvalue weighted by Gasteiger charge is 2.38. The zero-order valence-corrected chi connectivity index (χ0v) is 31.9. The molecule has 2 heteroatoms. The predicted octanol–water partition coefficient (Wildman–Crippen LogP) is 14.6. The SMILES string of the molecule is CC1(C)c2ccc3ccccc3c2-c2cccc(-c3ccc(-c4cc(-c5cccc6ccccc56)nc(-c5ccc(-c6ccccc6)cc5)n4)c4ccccc34)c21. The Kier molecular flexibility index (Phi) is 7.55. The molecule has 0 bridgehead atoms. The topological polar surface area (TPSA) is 25.8 Å². The molecule has 10 aromatic rings. The molecule has 1 aromatic heterocycles. The zero-order valence-electron chi connectivity index (χ0n) is 31.9. The lowest BCUT2D eigenvalue weighted by atomic mass is 9.78. The second-order valence-electron chi connectivity index (χ2n) is 15.7. The summed E-state index contributed by atoms with van der Waals surface area (Å²) in [6, 6.07) is 70.0. The number of nitrogens with zero attached hydrogens (tertiary/aromatic N) is 2. The molecule has 0 fully saturated rings. The van der Waals surface area contributed by atoms with E-state index in [0.29, 0.717) is 5.82 Å². The van der Waals surface area contributed by atoms with Gasteiger partial charge < -0.3 is 0 Å². The van der Waals surface area contributed by atoms with E-state index in [4.69, 9.17) is 9.97 Å². The zero-order chi connectivity index (χ0) is 38.1. The van der Waals surface area contributed by atoms with Crippen LogP contribution in [-0.2, 0) is 5.41 Å². The number of hydrogen-bond donors (Lipinski definition) is 0. The lowest BCUT2D eigenvalue weighted by molar-refractivity contribution is 0.662. The first-order valence-corrected chi connectivity index (χ1v) is 19.7. The average Bonchev–Trinajstić information content (AvgIpc) is 3.52. The molecule has 0 atom stereocenters. The number of hydrogen-bond acceptors (Lipinski definition) is 2. The van der Waals surface area contributed by atoms with Crippen LogP contribution in [0.25, 0.3) is 99.6 Å². The van der Waals surface area contributed by atoms with Crippen LogP contribution in [0.15, 0.2) is 194 Å². The molecule has 9 aromatic carbocycles. The van der Waals surface area contributed by atoms with Crippen LogP contribution < -0.4 is 0 Å². The van der Waals surface area contributed by atoms with Crippen LogP contribution in [0.4, 0.5) is 0 Å². The van der Waals surface area contributed by atoms with Crippen molar-refractivity contribution >= 4 is 32.3 Å². The van der Waals surface area contributed by atoms with Crippen molar-refractivity contribution < 1.29 is 0 Å². The van der Waals surface area contributed by atoms with Crippen molar-refractivity contribution in [2.75, 3.05) is 0 Å². The van der Waals surface area contributed by atoms with Gasteiger partial charge in [-0.15, -0.1) is 0 Å². The van der Waals surface area contributed by atoms with Crippen LogP contribution in [0, 0.1) is 0 Å². The van der Waals surface area contributed by atoms with Gasteiger partial charge in [0, 0.05) is 22.1 Å². The normalized spacial score (nSPS) is 12.9. The van der Waals surface area contributed by atoms with Crippen LogP contribution >= 0.6 is 0 Å². The lowest BCUT2D eigenvalue weighted by Crippen LogP contribution is -2.16. The summed E-state index contributed by atoms with van der Waals surface area (Å²) in [7, 11) is 0. The second kappa shape index (κ2) is 13.0. The summed E-state index contributed by atoms with van der Waals surface area (Å²) in [6.45, 7) is 4.77. The molecule has 0 unspecified atom stereocenters. The van der Waals surface area contributed by atoms with E-state index in [2.05, 4.69) is 208 Å². The van der Waals surface area contributed by atoms with E-state index in [-0.39, 0.29) is 5.41 Å². The quantitative estimate of drug-likeness (QED) is 0.176. The van der Waals surface area contributed by atoms with Gasteiger partial charge in [-0.1, -0.05) is 202 Å². The van der Waals surface area contributed by atoms with Crippen molar-refractivity contribution in [3.8, 4) is 67.3 Å². The summed E-state index contributed by atoms with van der Waals surface area (Å²) in [5.74, 6) is 0.704. The average molecular weight is 727 g/mol. The molecule has 0 saturated heterocycles.